The van der Waals surface area contributed by atoms with Gasteiger partial charge in [0.25, 0.3) is 0 Å². The monoisotopic (exact) mass is 339 g/mol. The van der Waals surface area contributed by atoms with Crippen LogP contribution in [0, 0.1) is 0 Å². The first-order valence-electron chi connectivity index (χ1n) is 6.64. The van der Waals surface area contributed by atoms with Crippen molar-refractivity contribution in [2.24, 2.45) is 7.05 Å². The fraction of sp³-hybridized carbons (Fsp3) is 0.214. The highest BCUT2D eigenvalue weighted by Gasteiger charge is 2.12. The van der Waals surface area contributed by atoms with Crippen molar-refractivity contribution in [1.29, 1.82) is 0 Å². The topological polar surface area (TPSA) is 64.9 Å². The maximum absolute atomic E-state index is 12.5. The molecular weight excluding hydrogens is 328 g/mol. The Morgan fingerprint density at radius 1 is 1.35 bits per heavy atom. The molecule has 2 heterocycles. The van der Waals surface area contributed by atoms with Crippen molar-refractivity contribution < 1.29 is 13.5 Å². The highest BCUT2D eigenvalue weighted by Crippen LogP contribution is 2.26. The molecular formula is C14H12ClF2N5O. The Labute approximate surface area is 135 Å². The predicted molar refractivity (Wildman–Crippen MR) is 81.7 cm³/mol. The minimum atomic E-state index is -2.90. The number of alkyl halides is 2. The molecule has 0 saturated heterocycles. The van der Waals surface area contributed by atoms with E-state index in [9.17, 15) is 8.78 Å². The zero-order valence-electron chi connectivity index (χ0n) is 12.0. The Hall–Kier alpha value is -2.48. The fourth-order valence-electron chi connectivity index (χ4n) is 2.18. The Balaban J connectivity index is 1.86. The lowest BCUT2D eigenvalue weighted by atomic mass is 10.2. The second-order valence-electron chi connectivity index (χ2n) is 4.71. The highest BCUT2D eigenvalue weighted by atomic mass is 35.5. The summed E-state index contributed by atoms with van der Waals surface area (Å²) in [5.41, 5.74) is 1.16. The van der Waals surface area contributed by atoms with Gasteiger partial charge < -0.3 is 10.1 Å². The van der Waals surface area contributed by atoms with Gasteiger partial charge in [0.15, 0.2) is 5.65 Å². The lowest BCUT2D eigenvalue weighted by Gasteiger charge is -2.12. The van der Waals surface area contributed by atoms with Crippen LogP contribution in [0.25, 0.3) is 11.0 Å². The first-order chi connectivity index (χ1) is 11.0. The molecule has 6 nitrogen and oxygen atoms in total. The molecule has 0 bridgehead atoms. The molecule has 0 saturated carbocycles. The van der Waals surface area contributed by atoms with Gasteiger partial charge >= 0.3 is 6.61 Å². The van der Waals surface area contributed by atoms with Gasteiger partial charge in [-0.3, -0.25) is 4.68 Å². The third-order valence-electron chi connectivity index (χ3n) is 3.21. The number of hydrogen-bond donors (Lipinski definition) is 1. The van der Waals surface area contributed by atoms with Crippen LogP contribution >= 0.6 is 11.6 Å². The number of ether oxygens (including phenoxy) is 1. The summed E-state index contributed by atoms with van der Waals surface area (Å²) in [5, 5.41) is 8.34. The standard InChI is InChI=1S/C14H12ClF2N5O/c1-22-13-10(6-21-22)12(19-7-20-13)18-5-8-4-9(15)2-3-11(8)23-14(16)17/h2-4,6-7,14H,5H2,1H3,(H,18,19,20). The van der Waals surface area contributed by atoms with Crippen LogP contribution in [0.1, 0.15) is 5.56 Å². The lowest BCUT2D eigenvalue weighted by Crippen LogP contribution is -2.08. The van der Waals surface area contributed by atoms with Crippen LogP contribution in [0.15, 0.2) is 30.7 Å². The van der Waals surface area contributed by atoms with Crippen molar-refractivity contribution in [3.05, 3.63) is 41.3 Å². The van der Waals surface area contributed by atoms with Crippen LogP contribution in [0.3, 0.4) is 0 Å². The van der Waals surface area contributed by atoms with Crippen LogP contribution in [0.2, 0.25) is 5.02 Å². The smallest absolute Gasteiger partial charge is 0.387 e. The first kappa shape index (κ1) is 15.4. The summed E-state index contributed by atoms with van der Waals surface area (Å²) in [4.78, 5) is 8.28. The molecule has 0 aliphatic heterocycles. The van der Waals surface area contributed by atoms with Crippen molar-refractivity contribution in [3.8, 4) is 5.75 Å². The largest absolute Gasteiger partial charge is 0.434 e. The highest BCUT2D eigenvalue weighted by molar-refractivity contribution is 6.30. The van der Waals surface area contributed by atoms with Gasteiger partial charge in [-0.25, -0.2) is 9.97 Å². The molecule has 0 radical (unpaired) electrons. The number of halogens is 3. The van der Waals surface area contributed by atoms with Gasteiger partial charge in [-0.15, -0.1) is 0 Å². The summed E-state index contributed by atoms with van der Waals surface area (Å²) in [6, 6.07) is 4.46. The van der Waals surface area contributed by atoms with E-state index in [0.29, 0.717) is 22.1 Å². The summed E-state index contributed by atoms with van der Waals surface area (Å²) < 4.78 is 31.1. The Morgan fingerprint density at radius 3 is 2.96 bits per heavy atom. The molecule has 0 fully saturated rings. The minimum Gasteiger partial charge on any atom is -0.434 e. The van der Waals surface area contributed by atoms with Crippen molar-refractivity contribution >= 4 is 28.5 Å². The van der Waals surface area contributed by atoms with Crippen LogP contribution in [-0.4, -0.2) is 26.4 Å². The third-order valence-corrected chi connectivity index (χ3v) is 3.45. The van der Waals surface area contributed by atoms with Crippen molar-refractivity contribution in [2.45, 2.75) is 13.2 Å². The summed E-state index contributed by atoms with van der Waals surface area (Å²) in [7, 11) is 1.77. The van der Waals surface area contributed by atoms with Crippen LogP contribution in [-0.2, 0) is 13.6 Å². The predicted octanol–water partition coefficient (Wildman–Crippen LogP) is 3.23. The van der Waals surface area contributed by atoms with Gasteiger partial charge in [0.1, 0.15) is 17.9 Å². The number of fused-ring (bicyclic) bond motifs is 1. The van der Waals surface area contributed by atoms with Gasteiger partial charge in [-0.2, -0.15) is 13.9 Å². The molecule has 0 unspecified atom stereocenters. The molecule has 0 atom stereocenters. The summed E-state index contributed by atoms with van der Waals surface area (Å²) in [6.07, 6.45) is 3.03. The van der Waals surface area contributed by atoms with Gasteiger partial charge in [0, 0.05) is 24.2 Å². The summed E-state index contributed by atoms with van der Waals surface area (Å²) in [5.74, 6) is 0.611. The zero-order chi connectivity index (χ0) is 16.4. The number of hydrogen-bond acceptors (Lipinski definition) is 5. The zero-order valence-corrected chi connectivity index (χ0v) is 12.8. The van der Waals surface area contributed by atoms with Gasteiger partial charge in [-0.1, -0.05) is 11.6 Å². The molecule has 2 aromatic heterocycles. The Kier molecular flexibility index (Phi) is 4.24. The number of aryl methyl sites for hydroxylation is 1. The maximum atomic E-state index is 12.5. The van der Waals surface area contributed by atoms with E-state index in [2.05, 4.69) is 25.1 Å². The van der Waals surface area contributed by atoms with Gasteiger partial charge in [-0.05, 0) is 18.2 Å². The van der Waals surface area contributed by atoms with E-state index in [-0.39, 0.29) is 12.3 Å². The molecule has 23 heavy (non-hydrogen) atoms. The summed E-state index contributed by atoms with van der Waals surface area (Å²) >= 11 is 5.92. The summed E-state index contributed by atoms with van der Waals surface area (Å²) in [6.45, 7) is -2.69. The fourth-order valence-corrected chi connectivity index (χ4v) is 2.37. The van der Waals surface area contributed by atoms with Crippen molar-refractivity contribution in [2.75, 3.05) is 5.32 Å². The second kappa shape index (κ2) is 6.33. The van der Waals surface area contributed by atoms with Gasteiger partial charge in [0.2, 0.25) is 0 Å². The molecule has 0 amide bonds. The number of anilines is 1. The average molecular weight is 340 g/mol. The number of nitrogens with zero attached hydrogens (tertiary/aromatic N) is 4. The van der Waals surface area contributed by atoms with Crippen molar-refractivity contribution in [3.63, 3.8) is 0 Å². The number of aromatic nitrogens is 4. The Bertz CT molecular complexity index is 839. The quantitative estimate of drug-likeness (QED) is 0.773. The molecule has 3 aromatic rings. The van der Waals surface area contributed by atoms with E-state index < -0.39 is 6.61 Å². The molecule has 120 valence electrons. The third kappa shape index (κ3) is 3.31. The molecule has 1 aromatic carbocycles. The Morgan fingerprint density at radius 2 is 2.17 bits per heavy atom. The normalized spacial score (nSPS) is 11.2. The van der Waals surface area contributed by atoms with E-state index in [1.54, 1.807) is 24.0 Å². The molecule has 3 rings (SSSR count). The molecule has 9 heteroatoms. The molecule has 0 spiro atoms. The lowest BCUT2D eigenvalue weighted by molar-refractivity contribution is -0.0504. The van der Waals surface area contributed by atoms with Crippen molar-refractivity contribution in [1.82, 2.24) is 19.7 Å². The maximum Gasteiger partial charge on any atom is 0.387 e. The van der Waals surface area contributed by atoms with Crippen LogP contribution in [0.4, 0.5) is 14.6 Å². The van der Waals surface area contributed by atoms with E-state index in [1.165, 1.54) is 18.5 Å². The average Bonchev–Trinajstić information content (AvgIpc) is 2.89. The molecule has 0 aliphatic rings. The minimum absolute atomic E-state index is 0.0633. The van der Waals surface area contributed by atoms with Crippen LogP contribution in [0.5, 0.6) is 5.75 Å². The molecule has 1 N–H and O–H groups in total. The SMILES string of the molecule is Cn1ncc2c(NCc3cc(Cl)ccc3OC(F)F)ncnc21. The van der Waals surface area contributed by atoms with Crippen LogP contribution < -0.4 is 10.1 Å². The second-order valence-corrected chi connectivity index (χ2v) is 5.15. The van der Waals surface area contributed by atoms with E-state index in [0.717, 1.165) is 5.39 Å². The number of rotatable bonds is 5. The van der Waals surface area contributed by atoms with E-state index >= 15 is 0 Å². The number of benzene rings is 1. The first-order valence-corrected chi connectivity index (χ1v) is 7.02. The van der Waals surface area contributed by atoms with Gasteiger partial charge in [0.05, 0.1) is 11.6 Å². The molecule has 0 aliphatic carbocycles. The van der Waals surface area contributed by atoms with E-state index in [1.807, 2.05) is 0 Å². The number of nitrogens with one attached hydrogen (secondary N) is 1. The van der Waals surface area contributed by atoms with E-state index in [4.69, 9.17) is 11.6 Å².